The number of thiophene rings is 1. The maximum atomic E-state index is 11.9. The quantitative estimate of drug-likeness (QED) is 0.833. The molecular formula is C13H16N2O2S2. The number of aromatic nitrogens is 1. The smallest absolute Gasteiger partial charge is 0.250 e. The van der Waals surface area contributed by atoms with Gasteiger partial charge in [0.15, 0.2) is 0 Å². The Kier molecular flexibility index (Phi) is 4.68. The van der Waals surface area contributed by atoms with Gasteiger partial charge in [0, 0.05) is 23.3 Å². The zero-order valence-corrected chi connectivity index (χ0v) is 12.3. The number of hydrogen-bond donors (Lipinski definition) is 1. The average molecular weight is 296 g/mol. The Morgan fingerprint density at radius 2 is 2.11 bits per heavy atom. The molecule has 102 valence electrons. The highest BCUT2D eigenvalue weighted by molar-refractivity contribution is 7.91. The molecule has 2 aromatic rings. The second-order valence-electron chi connectivity index (χ2n) is 4.19. The molecule has 2 rings (SSSR count). The maximum Gasteiger partial charge on any atom is 0.250 e. The summed E-state index contributed by atoms with van der Waals surface area (Å²) in [5, 5.41) is 0. The highest BCUT2D eigenvalue weighted by atomic mass is 32.2. The second-order valence-corrected chi connectivity index (χ2v) is 7.47. The van der Waals surface area contributed by atoms with Gasteiger partial charge in [-0.25, -0.2) is 13.1 Å². The third-order valence-electron chi connectivity index (χ3n) is 2.61. The minimum Gasteiger partial charge on any atom is -0.261 e. The SMILES string of the molecule is Cc1ccc(S(=O)(=O)NCCCc2ccccn2)s1. The molecular weight excluding hydrogens is 280 g/mol. The van der Waals surface area contributed by atoms with Crippen LogP contribution in [0.4, 0.5) is 0 Å². The average Bonchev–Trinajstić information content (AvgIpc) is 2.84. The number of pyridine rings is 1. The van der Waals surface area contributed by atoms with E-state index in [1.807, 2.05) is 31.2 Å². The van der Waals surface area contributed by atoms with Gasteiger partial charge in [0.1, 0.15) is 4.21 Å². The first-order valence-electron chi connectivity index (χ1n) is 6.04. The van der Waals surface area contributed by atoms with Crippen molar-refractivity contribution in [2.24, 2.45) is 0 Å². The second kappa shape index (κ2) is 6.27. The summed E-state index contributed by atoms with van der Waals surface area (Å²) in [6, 6.07) is 9.19. The van der Waals surface area contributed by atoms with Crippen molar-refractivity contribution in [3.8, 4) is 0 Å². The van der Waals surface area contributed by atoms with Crippen LogP contribution < -0.4 is 4.72 Å². The van der Waals surface area contributed by atoms with Crippen molar-refractivity contribution in [3.63, 3.8) is 0 Å². The molecule has 0 aliphatic rings. The van der Waals surface area contributed by atoms with Crippen LogP contribution in [-0.2, 0) is 16.4 Å². The third-order valence-corrected chi connectivity index (χ3v) is 5.56. The normalized spacial score (nSPS) is 11.6. The molecule has 0 saturated carbocycles. The Balaban J connectivity index is 1.83. The van der Waals surface area contributed by atoms with E-state index in [2.05, 4.69) is 9.71 Å². The summed E-state index contributed by atoms with van der Waals surface area (Å²) in [7, 11) is -3.35. The van der Waals surface area contributed by atoms with Crippen molar-refractivity contribution in [3.05, 3.63) is 47.1 Å². The molecule has 0 aliphatic heterocycles. The van der Waals surface area contributed by atoms with E-state index < -0.39 is 10.0 Å². The number of aryl methyl sites for hydroxylation is 2. The number of nitrogens with zero attached hydrogens (tertiary/aromatic N) is 1. The summed E-state index contributed by atoms with van der Waals surface area (Å²) >= 11 is 1.29. The first-order chi connectivity index (χ1) is 9.08. The lowest BCUT2D eigenvalue weighted by molar-refractivity contribution is 0.581. The van der Waals surface area contributed by atoms with Crippen molar-refractivity contribution in [2.45, 2.75) is 24.0 Å². The molecule has 0 spiro atoms. The van der Waals surface area contributed by atoms with Crippen molar-refractivity contribution < 1.29 is 8.42 Å². The van der Waals surface area contributed by atoms with Crippen LogP contribution in [0.3, 0.4) is 0 Å². The van der Waals surface area contributed by atoms with Crippen LogP contribution in [0.15, 0.2) is 40.7 Å². The summed E-state index contributed by atoms with van der Waals surface area (Å²) in [5.74, 6) is 0. The van der Waals surface area contributed by atoms with E-state index in [9.17, 15) is 8.42 Å². The summed E-state index contributed by atoms with van der Waals surface area (Å²) in [6.45, 7) is 2.32. The first kappa shape index (κ1) is 14.2. The summed E-state index contributed by atoms with van der Waals surface area (Å²) in [4.78, 5) is 5.19. The van der Waals surface area contributed by atoms with Gasteiger partial charge in [0.2, 0.25) is 10.0 Å². The fraction of sp³-hybridized carbons (Fsp3) is 0.308. The lowest BCUT2D eigenvalue weighted by atomic mass is 10.2. The fourth-order valence-electron chi connectivity index (χ4n) is 1.65. The highest BCUT2D eigenvalue weighted by Gasteiger charge is 2.14. The van der Waals surface area contributed by atoms with Gasteiger partial charge < -0.3 is 0 Å². The molecule has 0 amide bonds. The molecule has 6 heteroatoms. The van der Waals surface area contributed by atoms with E-state index in [1.165, 1.54) is 11.3 Å². The zero-order chi connectivity index (χ0) is 13.7. The minimum atomic E-state index is -3.35. The third kappa shape index (κ3) is 4.12. The Labute approximate surface area is 117 Å². The number of rotatable bonds is 6. The Bertz CT molecular complexity index is 621. The maximum absolute atomic E-state index is 11.9. The molecule has 1 N–H and O–H groups in total. The first-order valence-corrected chi connectivity index (χ1v) is 8.34. The Morgan fingerprint density at radius 3 is 2.74 bits per heavy atom. The van der Waals surface area contributed by atoms with Crippen LogP contribution >= 0.6 is 11.3 Å². The van der Waals surface area contributed by atoms with Gasteiger partial charge in [-0.15, -0.1) is 11.3 Å². The number of hydrogen-bond acceptors (Lipinski definition) is 4. The molecule has 0 atom stereocenters. The molecule has 4 nitrogen and oxygen atoms in total. The van der Waals surface area contributed by atoms with Gasteiger partial charge in [-0.2, -0.15) is 0 Å². The predicted molar refractivity (Wildman–Crippen MR) is 76.8 cm³/mol. The summed E-state index contributed by atoms with van der Waals surface area (Å²) in [6.07, 6.45) is 3.25. The molecule has 0 aromatic carbocycles. The number of nitrogens with one attached hydrogen (secondary N) is 1. The van der Waals surface area contributed by atoms with Crippen LogP contribution in [0.1, 0.15) is 17.0 Å². The van der Waals surface area contributed by atoms with Gasteiger partial charge in [-0.1, -0.05) is 6.07 Å². The molecule has 2 heterocycles. The van der Waals surface area contributed by atoms with Crippen molar-refractivity contribution >= 4 is 21.4 Å². The van der Waals surface area contributed by atoms with E-state index >= 15 is 0 Å². The van der Waals surface area contributed by atoms with Crippen molar-refractivity contribution in [1.29, 1.82) is 0 Å². The molecule has 0 bridgehead atoms. The van der Waals surface area contributed by atoms with Gasteiger partial charge in [-0.05, 0) is 44.0 Å². The van der Waals surface area contributed by atoms with E-state index in [0.29, 0.717) is 10.8 Å². The lowest BCUT2D eigenvalue weighted by Gasteiger charge is -2.04. The van der Waals surface area contributed by atoms with E-state index in [1.54, 1.807) is 12.3 Å². The Hall–Kier alpha value is -1.24. The molecule has 0 aliphatic carbocycles. The van der Waals surface area contributed by atoms with Crippen LogP contribution in [0.2, 0.25) is 0 Å². The van der Waals surface area contributed by atoms with Gasteiger partial charge >= 0.3 is 0 Å². The fourth-order valence-corrected chi connectivity index (χ4v) is 4.05. The molecule has 0 unspecified atom stereocenters. The van der Waals surface area contributed by atoms with Crippen molar-refractivity contribution in [2.75, 3.05) is 6.54 Å². The standard InChI is InChI=1S/C13H16N2O2S2/c1-11-7-8-13(18-11)19(16,17)15-10-4-6-12-5-2-3-9-14-12/h2-3,5,7-9,15H,4,6,10H2,1H3. The summed E-state index contributed by atoms with van der Waals surface area (Å²) < 4.78 is 26.9. The van der Waals surface area contributed by atoms with Crippen molar-refractivity contribution in [1.82, 2.24) is 9.71 Å². The highest BCUT2D eigenvalue weighted by Crippen LogP contribution is 2.20. The predicted octanol–water partition coefficient (Wildman–Crippen LogP) is 2.36. The van der Waals surface area contributed by atoms with E-state index in [4.69, 9.17) is 0 Å². The molecule has 0 saturated heterocycles. The Morgan fingerprint density at radius 1 is 1.26 bits per heavy atom. The van der Waals surface area contributed by atoms with E-state index in [-0.39, 0.29) is 0 Å². The lowest BCUT2D eigenvalue weighted by Crippen LogP contribution is -2.24. The summed E-state index contributed by atoms with van der Waals surface area (Å²) in [5.41, 5.74) is 0.980. The molecule has 19 heavy (non-hydrogen) atoms. The van der Waals surface area contributed by atoms with Crippen LogP contribution in [-0.4, -0.2) is 19.9 Å². The van der Waals surface area contributed by atoms with Crippen LogP contribution in [0, 0.1) is 6.92 Å². The van der Waals surface area contributed by atoms with E-state index in [0.717, 1.165) is 23.4 Å². The molecule has 0 radical (unpaired) electrons. The number of sulfonamides is 1. The van der Waals surface area contributed by atoms with Gasteiger partial charge in [-0.3, -0.25) is 4.98 Å². The zero-order valence-electron chi connectivity index (χ0n) is 10.7. The minimum absolute atomic E-state index is 0.378. The topological polar surface area (TPSA) is 59.1 Å². The van der Waals surface area contributed by atoms with Gasteiger partial charge in [0.05, 0.1) is 0 Å². The van der Waals surface area contributed by atoms with Crippen LogP contribution in [0.5, 0.6) is 0 Å². The monoisotopic (exact) mass is 296 g/mol. The molecule has 2 aromatic heterocycles. The largest absolute Gasteiger partial charge is 0.261 e. The van der Waals surface area contributed by atoms with Crippen LogP contribution in [0.25, 0.3) is 0 Å². The van der Waals surface area contributed by atoms with Gasteiger partial charge in [0.25, 0.3) is 0 Å². The molecule has 0 fully saturated rings.